The lowest BCUT2D eigenvalue weighted by Crippen LogP contribution is -1.85. The van der Waals surface area contributed by atoms with Crippen molar-refractivity contribution in [2.24, 2.45) is 0 Å². The van der Waals surface area contributed by atoms with Crippen LogP contribution in [0.15, 0.2) is 0 Å². The SMILES string of the molecule is CCCCCC=O.OCCCCCO. The van der Waals surface area contributed by atoms with Crippen LogP contribution < -0.4 is 0 Å². The highest BCUT2D eigenvalue weighted by Crippen LogP contribution is 1.94. The predicted octanol–water partition coefficient (Wildman–Crippen LogP) is 1.91. The average Bonchev–Trinajstić information content (AvgIpc) is 2.21. The van der Waals surface area contributed by atoms with Gasteiger partial charge in [-0.1, -0.05) is 19.8 Å². The van der Waals surface area contributed by atoms with Crippen LogP contribution in [0, 0.1) is 0 Å². The molecule has 0 fully saturated rings. The maximum atomic E-state index is 9.68. The summed E-state index contributed by atoms with van der Waals surface area (Å²) >= 11 is 0. The van der Waals surface area contributed by atoms with Gasteiger partial charge in [-0.3, -0.25) is 0 Å². The highest BCUT2D eigenvalue weighted by molar-refractivity contribution is 5.48. The number of aliphatic hydroxyl groups excluding tert-OH is 2. The number of rotatable bonds is 8. The highest BCUT2D eigenvalue weighted by Gasteiger charge is 1.81. The van der Waals surface area contributed by atoms with Gasteiger partial charge in [0.05, 0.1) is 0 Å². The molecular weight excluding hydrogens is 180 g/mol. The number of unbranched alkanes of at least 4 members (excludes halogenated alkanes) is 5. The van der Waals surface area contributed by atoms with Crippen molar-refractivity contribution in [1.82, 2.24) is 0 Å². The Hall–Kier alpha value is -0.410. The van der Waals surface area contributed by atoms with Crippen LogP contribution in [-0.2, 0) is 4.79 Å². The fraction of sp³-hybridized carbons (Fsp3) is 0.909. The second-order valence-electron chi connectivity index (χ2n) is 3.17. The summed E-state index contributed by atoms with van der Waals surface area (Å²) in [5.74, 6) is 0. The van der Waals surface area contributed by atoms with Crippen LogP contribution in [0.3, 0.4) is 0 Å². The largest absolute Gasteiger partial charge is 0.396 e. The first-order chi connectivity index (χ1) is 6.83. The Morgan fingerprint density at radius 1 is 0.929 bits per heavy atom. The quantitative estimate of drug-likeness (QED) is 0.469. The second kappa shape index (κ2) is 18.4. The van der Waals surface area contributed by atoms with Gasteiger partial charge in [0.25, 0.3) is 0 Å². The van der Waals surface area contributed by atoms with Crippen molar-refractivity contribution >= 4 is 6.29 Å². The Balaban J connectivity index is 0. The molecule has 86 valence electrons. The fourth-order valence-electron chi connectivity index (χ4n) is 0.878. The Kier molecular flexibility index (Phi) is 21.1. The van der Waals surface area contributed by atoms with E-state index in [0.29, 0.717) is 0 Å². The zero-order valence-electron chi connectivity index (χ0n) is 9.24. The van der Waals surface area contributed by atoms with E-state index in [4.69, 9.17) is 10.2 Å². The van der Waals surface area contributed by atoms with E-state index in [0.717, 1.165) is 38.4 Å². The first-order valence-electron chi connectivity index (χ1n) is 5.48. The molecule has 0 aliphatic heterocycles. The van der Waals surface area contributed by atoms with Crippen LogP contribution in [0.5, 0.6) is 0 Å². The summed E-state index contributed by atoms with van der Waals surface area (Å²) in [6.07, 6.45) is 7.77. The summed E-state index contributed by atoms with van der Waals surface area (Å²) in [5, 5.41) is 16.4. The summed E-state index contributed by atoms with van der Waals surface area (Å²) in [6, 6.07) is 0. The molecule has 0 bridgehead atoms. The lowest BCUT2D eigenvalue weighted by Gasteiger charge is -1.90. The molecule has 14 heavy (non-hydrogen) atoms. The van der Waals surface area contributed by atoms with Gasteiger partial charge < -0.3 is 15.0 Å². The van der Waals surface area contributed by atoms with E-state index in [2.05, 4.69) is 6.92 Å². The van der Waals surface area contributed by atoms with E-state index >= 15 is 0 Å². The van der Waals surface area contributed by atoms with Gasteiger partial charge in [-0.2, -0.15) is 0 Å². The summed E-state index contributed by atoms with van der Waals surface area (Å²) < 4.78 is 0. The van der Waals surface area contributed by atoms with Crippen LogP contribution in [0.25, 0.3) is 0 Å². The first kappa shape index (κ1) is 16.0. The predicted molar refractivity (Wildman–Crippen MR) is 58.2 cm³/mol. The molecule has 0 aromatic rings. The van der Waals surface area contributed by atoms with Crippen molar-refractivity contribution in [3.8, 4) is 0 Å². The third-order valence-electron chi connectivity index (χ3n) is 1.74. The Morgan fingerprint density at radius 2 is 1.50 bits per heavy atom. The van der Waals surface area contributed by atoms with E-state index in [1.807, 2.05) is 0 Å². The molecule has 0 amide bonds. The Labute approximate surface area is 87.1 Å². The van der Waals surface area contributed by atoms with Gasteiger partial charge in [0.2, 0.25) is 0 Å². The molecule has 0 radical (unpaired) electrons. The van der Waals surface area contributed by atoms with Crippen LogP contribution in [0.2, 0.25) is 0 Å². The second-order valence-corrected chi connectivity index (χ2v) is 3.17. The molecule has 0 atom stereocenters. The Bertz CT molecular complexity index is 90.5. The number of aliphatic hydroxyl groups is 2. The number of hydrogen-bond donors (Lipinski definition) is 2. The topological polar surface area (TPSA) is 57.5 Å². The molecule has 2 N–H and O–H groups in total. The van der Waals surface area contributed by atoms with Crippen molar-refractivity contribution in [3.05, 3.63) is 0 Å². The first-order valence-corrected chi connectivity index (χ1v) is 5.48. The van der Waals surface area contributed by atoms with Gasteiger partial charge in [-0.25, -0.2) is 0 Å². The van der Waals surface area contributed by atoms with Gasteiger partial charge >= 0.3 is 0 Å². The maximum Gasteiger partial charge on any atom is 0.119 e. The lowest BCUT2D eigenvalue weighted by molar-refractivity contribution is -0.107. The summed E-state index contributed by atoms with van der Waals surface area (Å²) in [5.41, 5.74) is 0. The minimum absolute atomic E-state index is 0.250. The van der Waals surface area contributed by atoms with E-state index in [9.17, 15) is 4.79 Å². The molecule has 0 spiro atoms. The van der Waals surface area contributed by atoms with Crippen LogP contribution in [0.4, 0.5) is 0 Å². The minimum Gasteiger partial charge on any atom is -0.396 e. The van der Waals surface area contributed by atoms with Gasteiger partial charge in [0.15, 0.2) is 0 Å². The molecule has 0 unspecified atom stereocenters. The van der Waals surface area contributed by atoms with Crippen LogP contribution in [0.1, 0.15) is 51.9 Å². The normalized spacial score (nSPS) is 9.07. The summed E-state index contributed by atoms with van der Waals surface area (Å²) in [4.78, 5) is 9.68. The van der Waals surface area contributed by atoms with Gasteiger partial charge in [0, 0.05) is 19.6 Å². The van der Waals surface area contributed by atoms with Gasteiger partial charge in [0.1, 0.15) is 6.29 Å². The molecule has 0 saturated carbocycles. The molecule has 0 aliphatic carbocycles. The molecule has 0 aromatic carbocycles. The summed E-state index contributed by atoms with van der Waals surface area (Å²) in [6.45, 7) is 2.63. The molecule has 0 aromatic heterocycles. The molecule has 0 saturated heterocycles. The van der Waals surface area contributed by atoms with Crippen molar-refractivity contribution in [2.45, 2.75) is 51.9 Å². The third kappa shape index (κ3) is 22.6. The molecular formula is C11H24O3. The van der Waals surface area contributed by atoms with Crippen LogP contribution in [-0.4, -0.2) is 29.7 Å². The number of hydrogen-bond acceptors (Lipinski definition) is 3. The lowest BCUT2D eigenvalue weighted by atomic mass is 10.2. The fourth-order valence-corrected chi connectivity index (χ4v) is 0.878. The van der Waals surface area contributed by atoms with E-state index in [1.165, 1.54) is 12.8 Å². The zero-order chi connectivity index (χ0) is 11.1. The number of carbonyl (C=O) groups is 1. The van der Waals surface area contributed by atoms with E-state index < -0.39 is 0 Å². The molecule has 3 heteroatoms. The molecule has 0 aliphatic rings. The van der Waals surface area contributed by atoms with Crippen molar-refractivity contribution in [1.29, 1.82) is 0 Å². The van der Waals surface area contributed by atoms with Crippen molar-refractivity contribution in [2.75, 3.05) is 13.2 Å². The van der Waals surface area contributed by atoms with Crippen LogP contribution >= 0.6 is 0 Å². The summed E-state index contributed by atoms with van der Waals surface area (Å²) in [7, 11) is 0. The number of carbonyl (C=O) groups excluding carboxylic acids is 1. The zero-order valence-corrected chi connectivity index (χ0v) is 9.24. The van der Waals surface area contributed by atoms with Crippen molar-refractivity contribution in [3.63, 3.8) is 0 Å². The van der Waals surface area contributed by atoms with Crippen molar-refractivity contribution < 1.29 is 15.0 Å². The standard InChI is InChI=1S/C6H12O.C5H12O2/c1-2-3-4-5-6-7;6-4-2-1-3-5-7/h6H,2-5H2,1H3;6-7H,1-5H2. The molecule has 0 rings (SSSR count). The monoisotopic (exact) mass is 204 g/mol. The highest BCUT2D eigenvalue weighted by atomic mass is 16.3. The smallest absolute Gasteiger partial charge is 0.119 e. The molecule has 0 heterocycles. The number of aldehydes is 1. The minimum atomic E-state index is 0.250. The Morgan fingerprint density at radius 3 is 1.86 bits per heavy atom. The van der Waals surface area contributed by atoms with Gasteiger partial charge in [-0.05, 0) is 25.7 Å². The van der Waals surface area contributed by atoms with E-state index in [-0.39, 0.29) is 13.2 Å². The van der Waals surface area contributed by atoms with Gasteiger partial charge in [-0.15, -0.1) is 0 Å². The average molecular weight is 204 g/mol. The van der Waals surface area contributed by atoms with E-state index in [1.54, 1.807) is 0 Å². The third-order valence-corrected chi connectivity index (χ3v) is 1.74. The maximum absolute atomic E-state index is 9.68. The molecule has 3 nitrogen and oxygen atoms in total.